The Bertz CT molecular complexity index is 1150. The van der Waals surface area contributed by atoms with Crippen LogP contribution in [0.15, 0.2) is 60.7 Å². The Morgan fingerprint density at radius 2 is 1.45 bits per heavy atom. The Morgan fingerprint density at radius 1 is 0.939 bits per heavy atom. The second-order valence-electron chi connectivity index (χ2n) is 7.74. The van der Waals surface area contributed by atoms with E-state index in [0.717, 1.165) is 29.3 Å². The molecule has 0 spiro atoms. The molecule has 10 heteroatoms. The highest BCUT2D eigenvalue weighted by Gasteiger charge is 2.51. The van der Waals surface area contributed by atoms with Crippen molar-refractivity contribution >= 4 is 29.2 Å². The molecule has 2 aliphatic rings. The zero-order chi connectivity index (χ0) is 23.7. The van der Waals surface area contributed by atoms with Crippen LogP contribution in [0.5, 0.6) is 0 Å². The van der Waals surface area contributed by atoms with Gasteiger partial charge in [0, 0.05) is 23.3 Å². The van der Waals surface area contributed by atoms with Crippen LogP contribution in [0.3, 0.4) is 0 Å². The van der Waals surface area contributed by atoms with E-state index in [1.807, 2.05) is 0 Å². The SMILES string of the molecule is O=C(CN(C(=O)c1ccc([N+](=O)[O-])cc1)N1C(=O)[C@H]2CC=CC[C@@H]2C1=O)c1ccc(F)cc1. The summed E-state index contributed by atoms with van der Waals surface area (Å²) < 4.78 is 13.2. The van der Waals surface area contributed by atoms with E-state index in [-0.39, 0.29) is 16.8 Å². The molecule has 33 heavy (non-hydrogen) atoms. The first-order valence-electron chi connectivity index (χ1n) is 10.2. The molecule has 0 saturated carbocycles. The maximum Gasteiger partial charge on any atom is 0.273 e. The van der Waals surface area contributed by atoms with Crippen molar-refractivity contribution in [1.82, 2.24) is 10.0 Å². The van der Waals surface area contributed by atoms with Gasteiger partial charge in [-0.1, -0.05) is 12.2 Å². The van der Waals surface area contributed by atoms with Crippen molar-refractivity contribution in [2.24, 2.45) is 11.8 Å². The first kappa shape index (κ1) is 22.0. The van der Waals surface area contributed by atoms with Gasteiger partial charge in [-0.3, -0.25) is 29.3 Å². The molecule has 3 amide bonds. The number of fused-ring (bicyclic) bond motifs is 1. The quantitative estimate of drug-likeness (QED) is 0.219. The number of nitro groups is 1. The number of amides is 3. The van der Waals surface area contributed by atoms with Crippen LogP contribution < -0.4 is 0 Å². The fraction of sp³-hybridized carbons (Fsp3) is 0.217. The molecule has 4 rings (SSSR count). The number of Topliss-reactive ketones (excluding diaryl/α,β-unsaturated/α-hetero) is 1. The molecule has 1 aliphatic carbocycles. The molecule has 1 saturated heterocycles. The summed E-state index contributed by atoms with van der Waals surface area (Å²) in [7, 11) is 0. The largest absolute Gasteiger partial charge is 0.292 e. The second kappa shape index (κ2) is 8.73. The fourth-order valence-electron chi connectivity index (χ4n) is 3.99. The van der Waals surface area contributed by atoms with Crippen LogP contribution in [0, 0.1) is 27.8 Å². The first-order chi connectivity index (χ1) is 15.8. The second-order valence-corrected chi connectivity index (χ2v) is 7.74. The van der Waals surface area contributed by atoms with Gasteiger partial charge in [0.25, 0.3) is 23.4 Å². The standard InChI is InChI=1S/C23H18FN3O6/c24-16-9-5-14(6-10-16)20(28)13-25(21(29)15-7-11-17(12-8-15)27(32)33)26-22(30)18-3-1-2-4-19(18)23(26)31/h1-2,5-12,18-19H,3-4,13H2/t18-,19-/m0/s1. The number of carbonyl (C=O) groups excluding carboxylic acids is 4. The summed E-state index contributed by atoms with van der Waals surface area (Å²) in [6.45, 7) is -0.647. The highest BCUT2D eigenvalue weighted by Crippen LogP contribution is 2.36. The van der Waals surface area contributed by atoms with Crippen molar-refractivity contribution in [2.75, 3.05) is 6.54 Å². The third kappa shape index (κ3) is 4.14. The number of nitro benzene ring substituents is 1. The number of benzene rings is 2. The molecule has 1 heterocycles. The number of rotatable bonds is 6. The van der Waals surface area contributed by atoms with Crippen molar-refractivity contribution < 1.29 is 28.5 Å². The fourth-order valence-corrected chi connectivity index (χ4v) is 3.99. The lowest BCUT2D eigenvalue weighted by atomic mass is 9.85. The number of nitrogens with zero attached hydrogens (tertiary/aromatic N) is 3. The van der Waals surface area contributed by atoms with Gasteiger partial charge in [-0.15, -0.1) is 0 Å². The molecule has 1 aliphatic heterocycles. The van der Waals surface area contributed by atoms with Gasteiger partial charge in [0.05, 0.1) is 16.8 Å². The number of hydrazine groups is 1. The van der Waals surface area contributed by atoms with Crippen LogP contribution in [0.4, 0.5) is 10.1 Å². The summed E-state index contributed by atoms with van der Waals surface area (Å²) >= 11 is 0. The van der Waals surface area contributed by atoms with Crippen molar-refractivity contribution in [3.63, 3.8) is 0 Å². The lowest BCUT2D eigenvalue weighted by molar-refractivity contribution is -0.384. The Balaban J connectivity index is 1.68. The summed E-state index contributed by atoms with van der Waals surface area (Å²) in [4.78, 5) is 62.6. The molecule has 2 aromatic rings. The van der Waals surface area contributed by atoms with E-state index in [9.17, 15) is 33.7 Å². The van der Waals surface area contributed by atoms with E-state index >= 15 is 0 Å². The zero-order valence-corrected chi connectivity index (χ0v) is 17.2. The molecular formula is C23H18FN3O6. The minimum absolute atomic E-state index is 0.0406. The van der Waals surface area contributed by atoms with Crippen LogP contribution in [-0.4, -0.2) is 45.0 Å². The van der Waals surface area contributed by atoms with Gasteiger partial charge >= 0.3 is 0 Å². The van der Waals surface area contributed by atoms with Crippen LogP contribution in [0.1, 0.15) is 33.6 Å². The topological polar surface area (TPSA) is 118 Å². The highest BCUT2D eigenvalue weighted by atomic mass is 19.1. The number of non-ortho nitro benzene ring substituents is 1. The van der Waals surface area contributed by atoms with Crippen LogP contribution in [0.2, 0.25) is 0 Å². The maximum absolute atomic E-state index is 13.3. The summed E-state index contributed by atoms with van der Waals surface area (Å²) in [5, 5.41) is 12.4. The average Bonchev–Trinajstić information content (AvgIpc) is 3.07. The van der Waals surface area contributed by atoms with Gasteiger partial charge in [-0.2, -0.15) is 5.01 Å². The van der Waals surface area contributed by atoms with Gasteiger partial charge < -0.3 is 0 Å². The van der Waals surface area contributed by atoms with Gasteiger partial charge in [0.15, 0.2) is 5.78 Å². The molecule has 1 fully saturated rings. The van der Waals surface area contributed by atoms with Gasteiger partial charge in [0.1, 0.15) is 12.4 Å². The number of ketones is 1. The average molecular weight is 451 g/mol. The van der Waals surface area contributed by atoms with Crippen LogP contribution in [0.25, 0.3) is 0 Å². The lowest BCUT2D eigenvalue weighted by Crippen LogP contribution is -2.52. The molecule has 0 bridgehead atoms. The normalized spacial score (nSPS) is 19.4. The van der Waals surface area contributed by atoms with Crippen molar-refractivity contribution in [3.8, 4) is 0 Å². The van der Waals surface area contributed by atoms with E-state index < -0.39 is 52.6 Å². The van der Waals surface area contributed by atoms with E-state index in [1.165, 1.54) is 24.3 Å². The molecular weight excluding hydrogens is 433 g/mol. The first-order valence-corrected chi connectivity index (χ1v) is 10.2. The third-order valence-electron chi connectivity index (χ3n) is 5.74. The number of allylic oxidation sites excluding steroid dienone is 2. The smallest absolute Gasteiger partial charge is 0.273 e. The summed E-state index contributed by atoms with van der Waals surface area (Å²) in [5.74, 6) is -4.43. The van der Waals surface area contributed by atoms with Crippen molar-refractivity contribution in [3.05, 3.63) is 87.7 Å². The molecule has 0 N–H and O–H groups in total. The van der Waals surface area contributed by atoms with Gasteiger partial charge in [0.2, 0.25) is 0 Å². The van der Waals surface area contributed by atoms with Crippen molar-refractivity contribution in [2.45, 2.75) is 12.8 Å². The zero-order valence-electron chi connectivity index (χ0n) is 17.2. The molecule has 168 valence electrons. The number of hydrogen-bond acceptors (Lipinski definition) is 6. The van der Waals surface area contributed by atoms with Crippen LogP contribution >= 0.6 is 0 Å². The molecule has 2 aromatic carbocycles. The van der Waals surface area contributed by atoms with E-state index in [4.69, 9.17) is 0 Å². The third-order valence-corrected chi connectivity index (χ3v) is 5.74. The minimum Gasteiger partial charge on any atom is -0.292 e. The van der Waals surface area contributed by atoms with E-state index in [1.54, 1.807) is 12.2 Å². The van der Waals surface area contributed by atoms with Crippen molar-refractivity contribution in [1.29, 1.82) is 0 Å². The monoisotopic (exact) mass is 451 g/mol. The number of hydrogen-bond donors (Lipinski definition) is 0. The molecule has 2 atom stereocenters. The molecule has 0 aromatic heterocycles. The van der Waals surface area contributed by atoms with Gasteiger partial charge in [-0.25, -0.2) is 9.40 Å². The number of imide groups is 1. The predicted octanol–water partition coefficient (Wildman–Crippen LogP) is 2.93. The van der Waals surface area contributed by atoms with Crippen LogP contribution in [-0.2, 0) is 9.59 Å². The Hall–Kier alpha value is -4.21. The summed E-state index contributed by atoms with van der Waals surface area (Å²) in [6.07, 6.45) is 4.28. The summed E-state index contributed by atoms with van der Waals surface area (Å²) in [6, 6.07) is 9.26. The summed E-state index contributed by atoms with van der Waals surface area (Å²) in [5.41, 5.74) is -0.192. The lowest BCUT2D eigenvalue weighted by Gasteiger charge is -2.30. The van der Waals surface area contributed by atoms with E-state index in [2.05, 4.69) is 0 Å². The Morgan fingerprint density at radius 3 is 1.97 bits per heavy atom. The highest BCUT2D eigenvalue weighted by molar-refractivity contribution is 6.09. The Kier molecular flexibility index (Phi) is 5.82. The molecule has 0 radical (unpaired) electrons. The van der Waals surface area contributed by atoms with E-state index in [0.29, 0.717) is 17.9 Å². The maximum atomic E-state index is 13.3. The number of halogens is 1. The van der Waals surface area contributed by atoms with Gasteiger partial charge in [-0.05, 0) is 49.2 Å². The Labute approximate surface area is 187 Å². The predicted molar refractivity (Wildman–Crippen MR) is 112 cm³/mol. The number of carbonyl (C=O) groups is 4. The molecule has 9 nitrogen and oxygen atoms in total. The molecule has 0 unspecified atom stereocenters. The minimum atomic E-state index is -0.839.